The third-order valence-electron chi connectivity index (χ3n) is 1.97. The zero-order chi connectivity index (χ0) is 10.2. The number of hydrogen-bond acceptors (Lipinski definition) is 3. The van der Waals surface area contributed by atoms with Gasteiger partial charge in [0.05, 0.1) is 0 Å². The molecule has 0 amide bonds. The average Bonchev–Trinajstić information content (AvgIpc) is 2.18. The van der Waals surface area contributed by atoms with Crippen molar-refractivity contribution in [3.8, 4) is 0 Å². The first kappa shape index (κ1) is 10.6. The number of hydrogen-bond donors (Lipinski definition) is 1. The minimum absolute atomic E-state index is 0.268. The van der Waals surface area contributed by atoms with E-state index in [9.17, 15) is 4.79 Å². The van der Waals surface area contributed by atoms with Crippen molar-refractivity contribution in [1.82, 2.24) is 9.97 Å². The van der Waals surface area contributed by atoms with Crippen LogP contribution in [0.3, 0.4) is 0 Å². The molecule has 0 aliphatic heterocycles. The molecule has 0 aliphatic carbocycles. The molecule has 14 heavy (non-hydrogen) atoms. The van der Waals surface area contributed by atoms with Gasteiger partial charge in [-0.05, 0) is 25.3 Å². The van der Waals surface area contributed by atoms with Crippen LogP contribution in [0.4, 0.5) is 0 Å². The van der Waals surface area contributed by atoms with E-state index < -0.39 is 5.97 Å². The Morgan fingerprint density at radius 3 is 2.86 bits per heavy atom. The van der Waals surface area contributed by atoms with Gasteiger partial charge in [0.1, 0.15) is 6.33 Å². The maximum absolute atomic E-state index is 10.2. The van der Waals surface area contributed by atoms with Gasteiger partial charge >= 0.3 is 5.97 Å². The van der Waals surface area contributed by atoms with Crippen LogP contribution < -0.4 is 0 Å². The fourth-order valence-electron chi connectivity index (χ4n) is 1.23. The molecule has 1 aromatic heterocycles. The van der Waals surface area contributed by atoms with Crippen LogP contribution in [0.2, 0.25) is 0 Å². The maximum atomic E-state index is 10.2. The van der Waals surface area contributed by atoms with Crippen LogP contribution in [-0.4, -0.2) is 21.0 Å². The molecule has 0 unspecified atom stereocenters. The molecule has 4 heteroatoms. The third-order valence-corrected chi connectivity index (χ3v) is 1.97. The van der Waals surface area contributed by atoms with Crippen molar-refractivity contribution in [3.63, 3.8) is 0 Å². The molecular formula is C10H14N2O2. The fourth-order valence-corrected chi connectivity index (χ4v) is 1.23. The minimum atomic E-state index is -0.716. The largest absolute Gasteiger partial charge is 0.481 e. The predicted molar refractivity (Wildman–Crippen MR) is 51.8 cm³/mol. The number of carboxylic acids is 1. The monoisotopic (exact) mass is 194 g/mol. The van der Waals surface area contributed by atoms with E-state index in [2.05, 4.69) is 9.97 Å². The summed E-state index contributed by atoms with van der Waals surface area (Å²) in [5.41, 5.74) is 1.02. The van der Waals surface area contributed by atoms with E-state index >= 15 is 0 Å². The van der Waals surface area contributed by atoms with Crippen LogP contribution >= 0.6 is 0 Å². The van der Waals surface area contributed by atoms with Gasteiger partial charge < -0.3 is 5.11 Å². The summed E-state index contributed by atoms with van der Waals surface area (Å²) in [4.78, 5) is 18.1. The molecular weight excluding hydrogens is 180 g/mol. The third kappa shape index (κ3) is 4.54. The molecule has 0 aromatic carbocycles. The molecule has 0 radical (unpaired) electrons. The highest BCUT2D eigenvalue weighted by Crippen LogP contribution is 2.04. The quantitative estimate of drug-likeness (QED) is 0.699. The number of carboxylic acid groups (broad SMARTS) is 1. The highest BCUT2D eigenvalue weighted by atomic mass is 16.4. The van der Waals surface area contributed by atoms with Gasteiger partial charge in [0.15, 0.2) is 0 Å². The number of aliphatic carboxylic acids is 1. The lowest BCUT2D eigenvalue weighted by Gasteiger charge is -1.98. The number of aryl methyl sites for hydroxylation is 1. The van der Waals surface area contributed by atoms with E-state index in [-0.39, 0.29) is 6.42 Å². The summed E-state index contributed by atoms with van der Waals surface area (Å²) in [5.74, 6) is -0.716. The maximum Gasteiger partial charge on any atom is 0.303 e. The Kier molecular flexibility index (Phi) is 4.61. The van der Waals surface area contributed by atoms with Gasteiger partial charge in [-0.25, -0.2) is 9.97 Å². The van der Waals surface area contributed by atoms with E-state index in [1.54, 1.807) is 6.20 Å². The Hall–Kier alpha value is -1.45. The lowest BCUT2D eigenvalue weighted by molar-refractivity contribution is -0.137. The van der Waals surface area contributed by atoms with Gasteiger partial charge in [-0.1, -0.05) is 6.42 Å². The Bertz CT molecular complexity index is 275. The molecule has 4 nitrogen and oxygen atoms in total. The Morgan fingerprint density at radius 2 is 2.21 bits per heavy atom. The van der Waals surface area contributed by atoms with Gasteiger partial charge in [0.2, 0.25) is 0 Å². The summed E-state index contributed by atoms with van der Waals surface area (Å²) in [6.45, 7) is 0. The number of unbranched alkanes of at least 4 members (excludes halogenated alkanes) is 2. The molecule has 0 spiro atoms. The molecule has 0 fully saturated rings. The predicted octanol–water partition coefficient (Wildman–Crippen LogP) is 1.66. The second kappa shape index (κ2) is 6.07. The number of carbonyl (C=O) groups is 1. The molecule has 0 aliphatic rings. The molecule has 1 heterocycles. The van der Waals surface area contributed by atoms with Gasteiger partial charge in [-0.3, -0.25) is 4.79 Å². The van der Waals surface area contributed by atoms with Gasteiger partial charge in [0, 0.05) is 18.3 Å². The lowest BCUT2D eigenvalue weighted by Crippen LogP contribution is -1.95. The standard InChI is InChI=1S/C10H14N2O2/c13-10(14)5-3-1-2-4-9-6-7-11-8-12-9/h6-8H,1-5H2,(H,13,14). The SMILES string of the molecule is O=C(O)CCCCCc1ccncn1. The second-order valence-electron chi connectivity index (χ2n) is 3.16. The van der Waals surface area contributed by atoms with Crippen molar-refractivity contribution < 1.29 is 9.90 Å². The minimum Gasteiger partial charge on any atom is -0.481 e. The Balaban J connectivity index is 2.08. The molecule has 0 bridgehead atoms. The Labute approximate surface area is 83.0 Å². The van der Waals surface area contributed by atoms with Crippen molar-refractivity contribution in [2.45, 2.75) is 32.1 Å². The first-order valence-electron chi connectivity index (χ1n) is 4.76. The van der Waals surface area contributed by atoms with Crippen LogP contribution in [0.1, 0.15) is 31.4 Å². The van der Waals surface area contributed by atoms with E-state index in [1.165, 1.54) is 6.33 Å². The van der Waals surface area contributed by atoms with Crippen molar-refractivity contribution in [2.75, 3.05) is 0 Å². The van der Waals surface area contributed by atoms with Crippen molar-refractivity contribution >= 4 is 5.97 Å². The Morgan fingerprint density at radius 1 is 1.36 bits per heavy atom. The topological polar surface area (TPSA) is 63.1 Å². The molecule has 0 atom stereocenters. The van der Waals surface area contributed by atoms with Gasteiger partial charge in [-0.2, -0.15) is 0 Å². The first-order valence-corrected chi connectivity index (χ1v) is 4.76. The van der Waals surface area contributed by atoms with Crippen LogP contribution in [0.5, 0.6) is 0 Å². The van der Waals surface area contributed by atoms with E-state index in [0.717, 1.165) is 31.4 Å². The molecule has 1 N–H and O–H groups in total. The smallest absolute Gasteiger partial charge is 0.303 e. The highest BCUT2D eigenvalue weighted by molar-refractivity contribution is 5.66. The lowest BCUT2D eigenvalue weighted by atomic mass is 10.1. The van der Waals surface area contributed by atoms with Gasteiger partial charge in [-0.15, -0.1) is 0 Å². The van der Waals surface area contributed by atoms with Crippen LogP contribution in [0.15, 0.2) is 18.6 Å². The fraction of sp³-hybridized carbons (Fsp3) is 0.500. The van der Waals surface area contributed by atoms with E-state index in [0.29, 0.717) is 0 Å². The number of aromatic nitrogens is 2. The summed E-state index contributed by atoms with van der Waals surface area (Å²) in [6.07, 6.45) is 7.11. The number of nitrogens with zero attached hydrogens (tertiary/aromatic N) is 2. The molecule has 0 saturated carbocycles. The molecule has 1 aromatic rings. The average molecular weight is 194 g/mol. The summed E-state index contributed by atoms with van der Waals surface area (Å²) in [7, 11) is 0. The van der Waals surface area contributed by atoms with Crippen LogP contribution in [0.25, 0.3) is 0 Å². The molecule has 76 valence electrons. The summed E-state index contributed by atoms with van der Waals surface area (Å²) in [6, 6.07) is 1.89. The normalized spacial score (nSPS) is 10.0. The van der Waals surface area contributed by atoms with Gasteiger partial charge in [0.25, 0.3) is 0 Å². The summed E-state index contributed by atoms with van der Waals surface area (Å²) >= 11 is 0. The summed E-state index contributed by atoms with van der Waals surface area (Å²) in [5, 5.41) is 8.41. The van der Waals surface area contributed by atoms with E-state index in [4.69, 9.17) is 5.11 Å². The van der Waals surface area contributed by atoms with Crippen molar-refractivity contribution in [2.24, 2.45) is 0 Å². The second-order valence-corrected chi connectivity index (χ2v) is 3.16. The molecule has 1 rings (SSSR count). The summed E-state index contributed by atoms with van der Waals surface area (Å²) < 4.78 is 0. The highest BCUT2D eigenvalue weighted by Gasteiger charge is 1.97. The number of rotatable bonds is 6. The van der Waals surface area contributed by atoms with Crippen LogP contribution in [-0.2, 0) is 11.2 Å². The van der Waals surface area contributed by atoms with Crippen LogP contribution in [0, 0.1) is 0 Å². The van der Waals surface area contributed by atoms with Crippen molar-refractivity contribution in [1.29, 1.82) is 0 Å². The van der Waals surface area contributed by atoms with E-state index in [1.807, 2.05) is 6.07 Å². The first-order chi connectivity index (χ1) is 6.79. The van der Waals surface area contributed by atoms with Crippen molar-refractivity contribution in [3.05, 3.63) is 24.3 Å². The zero-order valence-corrected chi connectivity index (χ0v) is 8.02. The zero-order valence-electron chi connectivity index (χ0n) is 8.02. The molecule has 0 saturated heterocycles.